The van der Waals surface area contributed by atoms with E-state index >= 15 is 0 Å². The quantitative estimate of drug-likeness (QED) is 0.325. The van der Waals surface area contributed by atoms with E-state index in [-0.39, 0.29) is 47.9 Å². The highest BCUT2D eigenvalue weighted by molar-refractivity contribution is 6.44. The van der Waals surface area contributed by atoms with E-state index in [0.717, 1.165) is 31.1 Å². The number of carbonyl (C=O) groups excluding carboxylic acids is 4. The molecular formula is C41H47N7O7. The first kappa shape index (κ1) is 37.6. The van der Waals surface area contributed by atoms with E-state index in [1.165, 1.54) is 12.1 Å². The van der Waals surface area contributed by atoms with E-state index in [0.29, 0.717) is 41.2 Å². The number of likely N-dealkylation sites (tertiary alicyclic amines) is 2. The smallest absolute Gasteiger partial charge is 0.410 e. The average Bonchev–Trinajstić information content (AvgIpc) is 3.85. The minimum atomic E-state index is -1.19. The van der Waals surface area contributed by atoms with E-state index in [4.69, 9.17) is 4.74 Å². The van der Waals surface area contributed by atoms with Crippen molar-refractivity contribution in [1.82, 2.24) is 19.6 Å². The zero-order chi connectivity index (χ0) is 39.2. The number of imide groups is 1. The lowest BCUT2D eigenvalue weighted by molar-refractivity contribution is -0.119. The molecule has 3 aromatic carbocycles. The van der Waals surface area contributed by atoms with Crippen LogP contribution in [0.1, 0.15) is 48.7 Å². The number of carboxylic acids is 1. The molecule has 0 unspecified atom stereocenters. The van der Waals surface area contributed by atoms with Gasteiger partial charge in [0, 0.05) is 63.3 Å². The van der Waals surface area contributed by atoms with Gasteiger partial charge in [0.1, 0.15) is 5.60 Å². The molecule has 5 amide bonds. The summed E-state index contributed by atoms with van der Waals surface area (Å²) in [6.45, 7) is 9.72. The van der Waals surface area contributed by atoms with Crippen LogP contribution < -0.4 is 15.1 Å². The number of amides is 5. The summed E-state index contributed by atoms with van der Waals surface area (Å²) in [6, 6.07) is 19.7. The highest BCUT2D eigenvalue weighted by atomic mass is 16.6. The Labute approximate surface area is 320 Å². The van der Waals surface area contributed by atoms with Gasteiger partial charge in [0.05, 0.1) is 41.1 Å². The molecule has 55 heavy (non-hydrogen) atoms. The van der Waals surface area contributed by atoms with Gasteiger partial charge in [-0.05, 0) is 76.2 Å². The van der Waals surface area contributed by atoms with Crippen molar-refractivity contribution in [3.8, 4) is 0 Å². The largest absolute Gasteiger partial charge is 0.478 e. The molecule has 14 heteroatoms. The molecule has 4 aliphatic heterocycles. The number of nitrogens with one attached hydrogen (secondary N) is 1. The number of ether oxygens (including phenoxy) is 1. The number of anilines is 3. The molecule has 2 atom stereocenters. The van der Waals surface area contributed by atoms with Crippen molar-refractivity contribution in [3.63, 3.8) is 0 Å². The maximum absolute atomic E-state index is 14.7. The van der Waals surface area contributed by atoms with Crippen molar-refractivity contribution in [2.45, 2.75) is 44.9 Å². The predicted octanol–water partition coefficient (Wildman–Crippen LogP) is 4.74. The van der Waals surface area contributed by atoms with Crippen LogP contribution in [0, 0.1) is 0 Å². The molecule has 7 rings (SSSR count). The van der Waals surface area contributed by atoms with Gasteiger partial charge in [-0.15, -0.1) is 0 Å². The monoisotopic (exact) mass is 749 g/mol. The Balaban J connectivity index is 1.18. The molecule has 2 N–H and O–H groups in total. The number of urea groups is 1. The van der Waals surface area contributed by atoms with Crippen molar-refractivity contribution < 1.29 is 33.8 Å². The SMILES string of the molecule is CN1CCN(CC(=O)N(C)c2ccc(NC(=C3C(=O)N(C(=O)N4C[C@@H]5C[C@H]4CN5C(=O)OC(C)(C)C)c4cc(C(=O)O)ccc43)c3ccccc3)cc2)CC1. The molecule has 3 fully saturated rings. The van der Waals surface area contributed by atoms with Crippen LogP contribution in [0.2, 0.25) is 0 Å². The molecule has 0 aromatic heterocycles. The number of likely N-dealkylation sites (N-methyl/N-ethyl adjacent to an activating group) is 2. The standard InChI is InChI=1S/C41H47N7O7/c1-41(2,3)55-40(54)47-24-30-22-31(47)23-46(30)39(53)48-33-21-27(38(51)52)11-16-32(33)35(37(48)50)36(26-9-7-6-8-10-26)42-28-12-14-29(15-13-28)44(5)34(49)25-45-19-17-43(4)18-20-45/h6-16,21,30-31,42H,17-20,22-25H2,1-5H3,(H,51,52)/t30-,31-/m0/s1. The zero-order valence-electron chi connectivity index (χ0n) is 31.8. The molecule has 0 spiro atoms. The number of fused-ring (bicyclic) bond motifs is 3. The highest BCUT2D eigenvalue weighted by Crippen LogP contribution is 2.44. The number of hydrogen-bond donors (Lipinski definition) is 2. The lowest BCUT2D eigenvalue weighted by Crippen LogP contribution is -2.55. The summed E-state index contributed by atoms with van der Waals surface area (Å²) in [7, 11) is 3.83. The summed E-state index contributed by atoms with van der Waals surface area (Å²) < 4.78 is 5.59. The Hall–Kier alpha value is -5.73. The summed E-state index contributed by atoms with van der Waals surface area (Å²) in [6.07, 6.45) is 0.0998. The number of benzene rings is 3. The van der Waals surface area contributed by atoms with Crippen molar-refractivity contribution in [3.05, 3.63) is 89.5 Å². The molecule has 288 valence electrons. The van der Waals surface area contributed by atoms with Gasteiger partial charge in [0.2, 0.25) is 5.91 Å². The van der Waals surface area contributed by atoms with Crippen molar-refractivity contribution >= 4 is 58.2 Å². The summed E-state index contributed by atoms with van der Waals surface area (Å²) >= 11 is 0. The average molecular weight is 750 g/mol. The number of hydrogen-bond acceptors (Lipinski definition) is 9. The first-order valence-corrected chi connectivity index (χ1v) is 18.5. The van der Waals surface area contributed by atoms with Gasteiger partial charge in [-0.25, -0.2) is 19.3 Å². The molecule has 3 saturated heterocycles. The Morgan fingerprint density at radius 1 is 0.873 bits per heavy atom. The van der Waals surface area contributed by atoms with Gasteiger partial charge in [-0.2, -0.15) is 0 Å². The second-order valence-corrected chi connectivity index (χ2v) is 15.6. The van der Waals surface area contributed by atoms with Crippen LogP contribution in [0.25, 0.3) is 11.3 Å². The number of piperazine rings is 2. The maximum atomic E-state index is 14.7. The molecule has 4 heterocycles. The van der Waals surface area contributed by atoms with Crippen LogP contribution in [0.15, 0.2) is 72.8 Å². The topological polar surface area (TPSA) is 146 Å². The maximum Gasteiger partial charge on any atom is 0.410 e. The summed E-state index contributed by atoms with van der Waals surface area (Å²) in [5.74, 6) is -1.81. The van der Waals surface area contributed by atoms with Crippen molar-refractivity contribution in [2.24, 2.45) is 0 Å². The van der Waals surface area contributed by atoms with Gasteiger partial charge in [-0.3, -0.25) is 14.5 Å². The normalized spacial score (nSPS) is 20.7. The zero-order valence-corrected chi connectivity index (χ0v) is 31.8. The van der Waals surface area contributed by atoms with Gasteiger partial charge in [-0.1, -0.05) is 36.4 Å². The van der Waals surface area contributed by atoms with Crippen molar-refractivity contribution in [1.29, 1.82) is 0 Å². The van der Waals surface area contributed by atoms with E-state index < -0.39 is 29.6 Å². The Morgan fingerprint density at radius 2 is 1.53 bits per heavy atom. The number of carboxylic acid groups (broad SMARTS) is 1. The summed E-state index contributed by atoms with van der Waals surface area (Å²) in [5, 5.41) is 13.3. The molecule has 0 saturated carbocycles. The van der Waals surface area contributed by atoms with Crippen LogP contribution in [-0.2, 0) is 14.3 Å². The van der Waals surface area contributed by atoms with Gasteiger partial charge >= 0.3 is 18.1 Å². The number of carbonyl (C=O) groups is 5. The Kier molecular flexibility index (Phi) is 10.1. The summed E-state index contributed by atoms with van der Waals surface area (Å²) in [5.41, 5.74) is 2.48. The third kappa shape index (κ3) is 7.64. The minimum Gasteiger partial charge on any atom is -0.478 e. The first-order chi connectivity index (χ1) is 26.2. The molecule has 0 radical (unpaired) electrons. The van der Waals surface area contributed by atoms with Gasteiger partial charge in [0.25, 0.3) is 5.91 Å². The molecule has 14 nitrogen and oxygen atoms in total. The molecule has 0 aliphatic carbocycles. The van der Waals surface area contributed by atoms with Gasteiger partial charge < -0.3 is 34.8 Å². The third-order valence-electron chi connectivity index (χ3n) is 10.6. The third-order valence-corrected chi connectivity index (χ3v) is 10.6. The fourth-order valence-electron chi connectivity index (χ4n) is 7.65. The van der Waals surface area contributed by atoms with E-state index in [9.17, 15) is 29.1 Å². The molecule has 4 aliphatic rings. The fraction of sp³-hybridized carbons (Fsp3) is 0.390. The minimum absolute atomic E-state index is 0.0141. The Morgan fingerprint density at radius 3 is 2.15 bits per heavy atom. The lowest BCUT2D eigenvalue weighted by Gasteiger charge is -2.36. The molecular weight excluding hydrogens is 702 g/mol. The second kappa shape index (κ2) is 14.8. The second-order valence-electron chi connectivity index (χ2n) is 15.6. The Bertz CT molecular complexity index is 2040. The van der Waals surface area contributed by atoms with Crippen LogP contribution in [-0.4, -0.2) is 132 Å². The van der Waals surface area contributed by atoms with Crippen LogP contribution in [0.3, 0.4) is 0 Å². The number of aromatic carboxylic acids is 1. The number of nitrogens with zero attached hydrogens (tertiary/aromatic N) is 6. The van der Waals surface area contributed by atoms with Gasteiger partial charge in [0.15, 0.2) is 0 Å². The lowest BCUT2D eigenvalue weighted by atomic mass is 9.99. The van der Waals surface area contributed by atoms with Crippen LogP contribution in [0.4, 0.5) is 26.7 Å². The fourth-order valence-corrected chi connectivity index (χ4v) is 7.65. The summed E-state index contributed by atoms with van der Waals surface area (Å²) in [4.78, 5) is 77.6. The molecule has 2 bridgehead atoms. The first-order valence-electron chi connectivity index (χ1n) is 18.5. The van der Waals surface area contributed by atoms with E-state index in [2.05, 4.69) is 22.2 Å². The van der Waals surface area contributed by atoms with E-state index in [1.54, 1.807) is 48.6 Å². The van der Waals surface area contributed by atoms with Crippen LogP contribution in [0.5, 0.6) is 0 Å². The highest BCUT2D eigenvalue weighted by Gasteiger charge is 2.51. The molecule has 3 aromatic rings. The van der Waals surface area contributed by atoms with Crippen LogP contribution >= 0.6 is 0 Å². The van der Waals surface area contributed by atoms with Crippen molar-refractivity contribution in [2.75, 3.05) is 75.0 Å². The predicted molar refractivity (Wildman–Crippen MR) is 209 cm³/mol. The number of rotatable bonds is 7. The van der Waals surface area contributed by atoms with E-state index in [1.807, 2.05) is 54.6 Å².